The summed E-state index contributed by atoms with van der Waals surface area (Å²) in [5.74, 6) is -1.06. The van der Waals surface area contributed by atoms with Crippen molar-refractivity contribution < 1.29 is 19.1 Å². The zero-order valence-electron chi connectivity index (χ0n) is 14.1. The Hall–Kier alpha value is -2.59. The number of benzene rings is 2. The van der Waals surface area contributed by atoms with Crippen molar-refractivity contribution in [2.24, 2.45) is 0 Å². The predicted octanol–water partition coefficient (Wildman–Crippen LogP) is 4.42. The van der Waals surface area contributed by atoms with Gasteiger partial charge in [0.15, 0.2) is 0 Å². The van der Waals surface area contributed by atoms with Crippen molar-refractivity contribution >= 4 is 29.6 Å². The summed E-state index contributed by atoms with van der Waals surface area (Å²) in [6.45, 7) is 2.55. The molecule has 0 heterocycles. The second kappa shape index (κ2) is 9.04. The third-order valence-electron chi connectivity index (χ3n) is 3.30. The van der Waals surface area contributed by atoms with Gasteiger partial charge in [0.05, 0.1) is 0 Å². The molecule has 0 unspecified atom stereocenters. The fourth-order valence-electron chi connectivity index (χ4n) is 2.32. The van der Waals surface area contributed by atoms with E-state index in [4.69, 9.17) is 21.1 Å². The summed E-state index contributed by atoms with van der Waals surface area (Å²) in [6.07, 6.45) is 1.18. The zero-order chi connectivity index (χ0) is 18.2. The SMILES string of the molecule is CC(=O)OC(OC(C)=O)/C(=C/c1cccc(Cl)c1)Cc1ccccc1. The number of rotatable bonds is 6. The van der Waals surface area contributed by atoms with Crippen LogP contribution < -0.4 is 0 Å². The van der Waals surface area contributed by atoms with Crippen LogP contribution in [-0.4, -0.2) is 18.2 Å². The minimum atomic E-state index is -1.09. The molecule has 130 valence electrons. The number of hydrogen-bond donors (Lipinski definition) is 0. The van der Waals surface area contributed by atoms with E-state index in [2.05, 4.69) is 0 Å². The Balaban J connectivity index is 2.41. The summed E-state index contributed by atoms with van der Waals surface area (Å²) in [7, 11) is 0. The van der Waals surface area contributed by atoms with E-state index in [1.807, 2.05) is 48.5 Å². The number of halogens is 1. The Morgan fingerprint density at radius 1 is 1.00 bits per heavy atom. The molecular weight excluding hydrogens is 340 g/mol. The van der Waals surface area contributed by atoms with Gasteiger partial charge in [-0.15, -0.1) is 0 Å². The van der Waals surface area contributed by atoms with E-state index in [0.717, 1.165) is 11.1 Å². The third-order valence-corrected chi connectivity index (χ3v) is 3.54. The molecule has 0 N–H and O–H groups in total. The maximum absolute atomic E-state index is 11.4. The number of hydrogen-bond acceptors (Lipinski definition) is 4. The standard InChI is InChI=1S/C20H19ClO4/c1-14(22)24-20(25-15(2)23)18(11-16-7-4-3-5-8-16)12-17-9-6-10-19(21)13-17/h3-10,12-13,20H,11H2,1-2H3/b18-12+. The first kappa shape index (κ1) is 18.7. The average Bonchev–Trinajstić information content (AvgIpc) is 2.54. The molecule has 0 radical (unpaired) electrons. The predicted molar refractivity (Wildman–Crippen MR) is 96.9 cm³/mol. The van der Waals surface area contributed by atoms with Crippen LogP contribution >= 0.6 is 11.6 Å². The molecule has 0 aliphatic heterocycles. The summed E-state index contributed by atoms with van der Waals surface area (Å²) in [5.41, 5.74) is 2.46. The Morgan fingerprint density at radius 3 is 2.20 bits per heavy atom. The number of esters is 2. The van der Waals surface area contributed by atoms with Gasteiger partial charge < -0.3 is 9.47 Å². The molecule has 0 spiro atoms. The molecule has 4 nitrogen and oxygen atoms in total. The Morgan fingerprint density at radius 2 is 1.64 bits per heavy atom. The van der Waals surface area contributed by atoms with Gasteiger partial charge >= 0.3 is 11.9 Å². The minimum absolute atomic E-state index is 0.457. The van der Waals surface area contributed by atoms with Crippen molar-refractivity contribution in [3.05, 3.63) is 76.3 Å². The van der Waals surface area contributed by atoms with E-state index in [0.29, 0.717) is 17.0 Å². The lowest BCUT2D eigenvalue weighted by atomic mass is 10.0. The topological polar surface area (TPSA) is 52.6 Å². The number of carbonyl (C=O) groups is 2. The largest absolute Gasteiger partial charge is 0.421 e. The van der Waals surface area contributed by atoms with Gasteiger partial charge in [-0.2, -0.15) is 0 Å². The quantitative estimate of drug-likeness (QED) is 0.566. The third kappa shape index (κ3) is 6.43. The molecule has 0 bridgehead atoms. The van der Waals surface area contributed by atoms with Crippen LogP contribution in [0.15, 0.2) is 60.2 Å². The van der Waals surface area contributed by atoms with Crippen LogP contribution in [0.5, 0.6) is 0 Å². The normalized spacial score (nSPS) is 11.3. The lowest BCUT2D eigenvalue weighted by Crippen LogP contribution is -2.25. The molecule has 0 aliphatic carbocycles. The van der Waals surface area contributed by atoms with E-state index >= 15 is 0 Å². The highest BCUT2D eigenvalue weighted by Crippen LogP contribution is 2.21. The van der Waals surface area contributed by atoms with Crippen molar-refractivity contribution in [2.45, 2.75) is 26.6 Å². The molecule has 0 atom stereocenters. The van der Waals surface area contributed by atoms with Crippen LogP contribution in [0.2, 0.25) is 5.02 Å². The Kier molecular flexibility index (Phi) is 6.78. The first-order chi connectivity index (χ1) is 11.9. The maximum Gasteiger partial charge on any atom is 0.305 e. The minimum Gasteiger partial charge on any atom is -0.421 e. The molecule has 0 saturated carbocycles. The average molecular weight is 359 g/mol. The summed E-state index contributed by atoms with van der Waals surface area (Å²) >= 11 is 6.04. The first-order valence-electron chi connectivity index (χ1n) is 7.78. The van der Waals surface area contributed by atoms with Gasteiger partial charge in [0.1, 0.15) is 0 Å². The van der Waals surface area contributed by atoms with Crippen LogP contribution in [0.3, 0.4) is 0 Å². The monoisotopic (exact) mass is 358 g/mol. The molecular formula is C20H19ClO4. The highest BCUT2D eigenvalue weighted by Gasteiger charge is 2.21. The molecule has 0 amide bonds. The zero-order valence-corrected chi connectivity index (χ0v) is 14.8. The summed E-state index contributed by atoms with van der Waals surface area (Å²) in [5, 5.41) is 0.587. The molecule has 0 fully saturated rings. The van der Waals surface area contributed by atoms with Crippen LogP contribution in [0.25, 0.3) is 6.08 Å². The summed E-state index contributed by atoms with van der Waals surface area (Å²) in [4.78, 5) is 22.9. The smallest absolute Gasteiger partial charge is 0.305 e. The summed E-state index contributed by atoms with van der Waals surface area (Å²) in [6, 6.07) is 16.9. The Labute approximate surface area is 152 Å². The van der Waals surface area contributed by atoms with Gasteiger partial charge in [0.25, 0.3) is 6.29 Å². The van der Waals surface area contributed by atoms with Gasteiger partial charge in [-0.05, 0) is 29.3 Å². The van der Waals surface area contributed by atoms with Crippen LogP contribution in [0.4, 0.5) is 0 Å². The van der Waals surface area contributed by atoms with Crippen molar-refractivity contribution in [2.75, 3.05) is 0 Å². The molecule has 5 heteroatoms. The van der Waals surface area contributed by atoms with E-state index in [-0.39, 0.29) is 0 Å². The fourth-order valence-corrected chi connectivity index (χ4v) is 2.52. The molecule has 25 heavy (non-hydrogen) atoms. The van der Waals surface area contributed by atoms with Crippen LogP contribution in [0, 0.1) is 0 Å². The van der Waals surface area contributed by atoms with Crippen LogP contribution in [-0.2, 0) is 25.5 Å². The molecule has 0 aromatic heterocycles. The number of carbonyl (C=O) groups excluding carboxylic acids is 2. The van der Waals surface area contributed by atoms with E-state index in [1.54, 1.807) is 12.1 Å². The van der Waals surface area contributed by atoms with Crippen molar-refractivity contribution in [3.63, 3.8) is 0 Å². The van der Waals surface area contributed by atoms with E-state index in [1.165, 1.54) is 13.8 Å². The van der Waals surface area contributed by atoms with Crippen molar-refractivity contribution in [3.8, 4) is 0 Å². The highest BCUT2D eigenvalue weighted by atomic mass is 35.5. The lowest BCUT2D eigenvalue weighted by Gasteiger charge is -2.20. The molecule has 2 aromatic rings. The molecule has 2 aromatic carbocycles. The van der Waals surface area contributed by atoms with E-state index in [9.17, 15) is 9.59 Å². The molecule has 0 aliphatic rings. The number of ether oxygens (including phenoxy) is 2. The van der Waals surface area contributed by atoms with Crippen LogP contribution in [0.1, 0.15) is 25.0 Å². The second-order valence-electron chi connectivity index (χ2n) is 5.49. The molecule has 0 saturated heterocycles. The summed E-state index contributed by atoms with van der Waals surface area (Å²) < 4.78 is 10.4. The Bertz CT molecular complexity index is 752. The lowest BCUT2D eigenvalue weighted by molar-refractivity contribution is -0.178. The van der Waals surface area contributed by atoms with Crippen molar-refractivity contribution in [1.82, 2.24) is 0 Å². The highest BCUT2D eigenvalue weighted by molar-refractivity contribution is 6.30. The van der Waals surface area contributed by atoms with Gasteiger partial charge in [-0.1, -0.05) is 54.1 Å². The van der Waals surface area contributed by atoms with Gasteiger partial charge in [-0.3, -0.25) is 9.59 Å². The van der Waals surface area contributed by atoms with Crippen molar-refractivity contribution in [1.29, 1.82) is 0 Å². The fraction of sp³-hybridized carbons (Fsp3) is 0.200. The van der Waals surface area contributed by atoms with Gasteiger partial charge in [0.2, 0.25) is 0 Å². The first-order valence-corrected chi connectivity index (χ1v) is 8.16. The van der Waals surface area contributed by atoms with E-state index < -0.39 is 18.2 Å². The maximum atomic E-state index is 11.4. The van der Waals surface area contributed by atoms with Gasteiger partial charge in [0, 0.05) is 30.9 Å². The second-order valence-corrected chi connectivity index (χ2v) is 5.92. The molecule has 2 rings (SSSR count). The van der Waals surface area contributed by atoms with Gasteiger partial charge in [-0.25, -0.2) is 0 Å².